The molecule has 1 aliphatic rings. The average Bonchev–Trinajstić information content (AvgIpc) is 2.48. The van der Waals surface area contributed by atoms with Crippen LogP contribution in [-0.2, 0) is 6.42 Å². The van der Waals surface area contributed by atoms with Crippen molar-refractivity contribution in [3.8, 4) is 5.75 Å². The van der Waals surface area contributed by atoms with Gasteiger partial charge >= 0.3 is 0 Å². The fourth-order valence-corrected chi connectivity index (χ4v) is 3.64. The van der Waals surface area contributed by atoms with Crippen LogP contribution in [0.5, 0.6) is 5.75 Å². The van der Waals surface area contributed by atoms with Crippen LogP contribution in [0.15, 0.2) is 18.2 Å². The number of halogens is 1. The Labute approximate surface area is 127 Å². The van der Waals surface area contributed by atoms with Crippen molar-refractivity contribution < 1.29 is 4.74 Å². The second-order valence-electron chi connectivity index (χ2n) is 6.19. The number of hydrogen-bond donors (Lipinski definition) is 1. The first-order chi connectivity index (χ1) is 9.62. The third-order valence-electron chi connectivity index (χ3n) is 4.98. The topological polar surface area (TPSA) is 35.2 Å². The Morgan fingerprint density at radius 2 is 2.05 bits per heavy atom. The first-order valence-corrected chi connectivity index (χ1v) is 8.03. The minimum Gasteiger partial charge on any atom is -0.496 e. The van der Waals surface area contributed by atoms with Gasteiger partial charge in [-0.25, -0.2) is 0 Å². The monoisotopic (exact) mass is 295 g/mol. The van der Waals surface area contributed by atoms with E-state index in [-0.39, 0.29) is 5.41 Å². The van der Waals surface area contributed by atoms with Gasteiger partial charge in [0.25, 0.3) is 0 Å². The molecule has 3 heteroatoms. The zero-order chi connectivity index (χ0) is 14.6. The third-order valence-corrected chi connectivity index (χ3v) is 5.22. The molecule has 0 heterocycles. The smallest absolute Gasteiger partial charge is 0.122 e. The van der Waals surface area contributed by atoms with Gasteiger partial charge in [-0.15, -0.1) is 0 Å². The van der Waals surface area contributed by atoms with E-state index in [9.17, 15) is 0 Å². The van der Waals surface area contributed by atoms with Gasteiger partial charge < -0.3 is 10.5 Å². The van der Waals surface area contributed by atoms with Crippen LogP contribution < -0.4 is 10.5 Å². The molecular formula is C17H26ClNO. The summed E-state index contributed by atoms with van der Waals surface area (Å²) < 4.78 is 5.47. The molecule has 0 bridgehead atoms. The number of methoxy groups -OCH3 is 1. The Kier molecular flexibility index (Phi) is 5.34. The highest BCUT2D eigenvalue weighted by Crippen LogP contribution is 2.43. The Bertz CT molecular complexity index is 439. The van der Waals surface area contributed by atoms with Crippen molar-refractivity contribution >= 4 is 11.6 Å². The van der Waals surface area contributed by atoms with Gasteiger partial charge in [0, 0.05) is 5.02 Å². The van der Waals surface area contributed by atoms with Gasteiger partial charge in [-0.3, -0.25) is 0 Å². The molecule has 0 radical (unpaired) electrons. The van der Waals surface area contributed by atoms with Crippen molar-refractivity contribution in [1.29, 1.82) is 0 Å². The van der Waals surface area contributed by atoms with Crippen LogP contribution in [0.4, 0.5) is 0 Å². The number of rotatable bonds is 5. The molecule has 2 rings (SSSR count). The summed E-state index contributed by atoms with van der Waals surface area (Å²) in [5, 5.41) is 0.773. The van der Waals surface area contributed by atoms with E-state index < -0.39 is 0 Å². The molecule has 112 valence electrons. The predicted octanol–water partition coefficient (Wildman–Crippen LogP) is 4.44. The second-order valence-corrected chi connectivity index (χ2v) is 6.63. The van der Waals surface area contributed by atoms with Gasteiger partial charge in [-0.05, 0) is 73.7 Å². The lowest BCUT2D eigenvalue weighted by Crippen LogP contribution is -2.36. The van der Waals surface area contributed by atoms with E-state index in [0.29, 0.717) is 0 Å². The van der Waals surface area contributed by atoms with Crippen molar-refractivity contribution in [3.63, 3.8) is 0 Å². The highest BCUT2D eigenvalue weighted by molar-refractivity contribution is 6.30. The molecule has 0 saturated heterocycles. The fourth-order valence-electron chi connectivity index (χ4n) is 3.44. The SMILES string of the molecule is CCC1CCC(CN)(Cc2cc(Cl)ccc2OC)CC1. The quantitative estimate of drug-likeness (QED) is 0.872. The number of nitrogens with two attached hydrogens (primary N) is 1. The van der Waals surface area contributed by atoms with Gasteiger partial charge in [0.2, 0.25) is 0 Å². The van der Waals surface area contributed by atoms with Crippen molar-refractivity contribution in [2.24, 2.45) is 17.1 Å². The maximum Gasteiger partial charge on any atom is 0.122 e. The number of hydrogen-bond acceptors (Lipinski definition) is 2. The van der Waals surface area contributed by atoms with Crippen LogP contribution in [0.1, 0.15) is 44.6 Å². The zero-order valence-electron chi connectivity index (χ0n) is 12.6. The highest BCUT2D eigenvalue weighted by Gasteiger charge is 2.34. The minimum absolute atomic E-state index is 0.226. The van der Waals surface area contributed by atoms with Crippen LogP contribution in [0.3, 0.4) is 0 Å². The summed E-state index contributed by atoms with van der Waals surface area (Å²) in [5.74, 6) is 1.82. The Morgan fingerprint density at radius 3 is 2.60 bits per heavy atom. The average molecular weight is 296 g/mol. The lowest BCUT2D eigenvalue weighted by Gasteiger charge is -2.39. The fraction of sp³-hybridized carbons (Fsp3) is 0.647. The van der Waals surface area contributed by atoms with Crippen molar-refractivity contribution in [2.75, 3.05) is 13.7 Å². The van der Waals surface area contributed by atoms with Gasteiger partial charge in [0.05, 0.1) is 7.11 Å². The molecule has 1 fully saturated rings. The van der Waals surface area contributed by atoms with Crippen LogP contribution in [0.2, 0.25) is 5.02 Å². The summed E-state index contributed by atoms with van der Waals surface area (Å²) in [6, 6.07) is 5.87. The summed E-state index contributed by atoms with van der Waals surface area (Å²) in [5.41, 5.74) is 7.55. The molecule has 2 N–H and O–H groups in total. The molecule has 0 unspecified atom stereocenters. The second kappa shape index (κ2) is 6.82. The summed E-state index contributed by atoms with van der Waals surface area (Å²) in [6.45, 7) is 3.04. The summed E-state index contributed by atoms with van der Waals surface area (Å²) >= 11 is 6.14. The molecule has 1 saturated carbocycles. The maximum absolute atomic E-state index is 6.14. The summed E-state index contributed by atoms with van der Waals surface area (Å²) in [6.07, 6.45) is 7.31. The summed E-state index contributed by atoms with van der Waals surface area (Å²) in [4.78, 5) is 0. The molecule has 0 atom stereocenters. The maximum atomic E-state index is 6.14. The molecule has 20 heavy (non-hydrogen) atoms. The highest BCUT2D eigenvalue weighted by atomic mass is 35.5. The van der Waals surface area contributed by atoms with Gasteiger partial charge in [0.15, 0.2) is 0 Å². The lowest BCUT2D eigenvalue weighted by molar-refractivity contribution is 0.152. The lowest BCUT2D eigenvalue weighted by atomic mass is 9.67. The van der Waals surface area contributed by atoms with Gasteiger partial charge in [-0.2, -0.15) is 0 Å². The zero-order valence-corrected chi connectivity index (χ0v) is 13.4. The van der Waals surface area contributed by atoms with Gasteiger partial charge in [0.1, 0.15) is 5.75 Å². The molecule has 0 amide bonds. The Morgan fingerprint density at radius 1 is 1.35 bits per heavy atom. The summed E-state index contributed by atoms with van der Waals surface area (Å²) in [7, 11) is 1.72. The van der Waals surface area contributed by atoms with Crippen LogP contribution in [0, 0.1) is 11.3 Å². The molecule has 2 nitrogen and oxygen atoms in total. The number of ether oxygens (including phenoxy) is 1. The van der Waals surface area contributed by atoms with E-state index in [1.165, 1.54) is 37.7 Å². The van der Waals surface area contributed by atoms with Crippen molar-refractivity contribution in [2.45, 2.75) is 45.4 Å². The van der Waals surface area contributed by atoms with E-state index >= 15 is 0 Å². The molecule has 0 spiro atoms. The van der Waals surface area contributed by atoms with E-state index in [0.717, 1.165) is 29.7 Å². The van der Waals surface area contributed by atoms with E-state index in [4.69, 9.17) is 22.1 Å². The van der Waals surface area contributed by atoms with Crippen LogP contribution in [-0.4, -0.2) is 13.7 Å². The molecule has 1 aliphatic carbocycles. The van der Waals surface area contributed by atoms with E-state index in [1.807, 2.05) is 18.2 Å². The molecule has 1 aromatic rings. The third kappa shape index (κ3) is 3.48. The number of benzene rings is 1. The predicted molar refractivity (Wildman–Crippen MR) is 85.4 cm³/mol. The first-order valence-electron chi connectivity index (χ1n) is 7.65. The van der Waals surface area contributed by atoms with Crippen LogP contribution in [0.25, 0.3) is 0 Å². The normalized spacial score (nSPS) is 26.5. The van der Waals surface area contributed by atoms with Crippen molar-refractivity contribution in [1.82, 2.24) is 0 Å². The van der Waals surface area contributed by atoms with Crippen molar-refractivity contribution in [3.05, 3.63) is 28.8 Å². The molecule has 0 aliphatic heterocycles. The standard InChI is InChI=1S/C17H26ClNO/c1-3-13-6-8-17(12-19,9-7-13)11-14-10-15(18)4-5-16(14)20-2/h4-5,10,13H,3,6-9,11-12,19H2,1-2H3. The molecule has 0 aromatic heterocycles. The first kappa shape index (κ1) is 15.7. The van der Waals surface area contributed by atoms with E-state index in [2.05, 4.69) is 6.92 Å². The Balaban J connectivity index is 2.16. The van der Waals surface area contributed by atoms with E-state index in [1.54, 1.807) is 7.11 Å². The molecular weight excluding hydrogens is 270 g/mol. The largest absolute Gasteiger partial charge is 0.496 e. The molecule has 1 aromatic carbocycles. The van der Waals surface area contributed by atoms with Gasteiger partial charge in [-0.1, -0.05) is 24.9 Å². The van der Waals surface area contributed by atoms with Crippen LogP contribution >= 0.6 is 11.6 Å². The minimum atomic E-state index is 0.226. The Hall–Kier alpha value is -0.730.